The average molecular weight is 266 g/mol. The first-order valence-electron chi connectivity index (χ1n) is 7.74. The zero-order valence-electron chi connectivity index (χ0n) is 12.9. The number of hydrogen-bond acceptors (Lipinski definition) is 4. The molecule has 4 nitrogen and oxygen atoms in total. The Morgan fingerprint density at radius 1 is 1.11 bits per heavy atom. The first-order chi connectivity index (χ1) is 9.13. The summed E-state index contributed by atoms with van der Waals surface area (Å²) in [6.45, 7) is 14.4. The number of hydrogen-bond donors (Lipinski definition) is 1. The van der Waals surface area contributed by atoms with Crippen molar-refractivity contribution in [3.05, 3.63) is 0 Å². The molecule has 0 aromatic rings. The molecule has 1 N–H and O–H groups in total. The largest absolute Gasteiger partial charge is 0.301 e. The fraction of sp³-hybridized carbons (Fsp3) is 0.933. The lowest BCUT2D eigenvalue weighted by Gasteiger charge is -2.34. The van der Waals surface area contributed by atoms with Crippen molar-refractivity contribution in [1.29, 1.82) is 5.26 Å². The van der Waals surface area contributed by atoms with Gasteiger partial charge in [0, 0.05) is 26.2 Å². The number of unbranched alkanes of at least 4 members (excludes halogenated alkanes) is 1. The molecule has 0 amide bonds. The molecule has 0 bridgehead atoms. The van der Waals surface area contributed by atoms with Gasteiger partial charge in [0.15, 0.2) is 0 Å². The predicted octanol–water partition coefficient (Wildman–Crippen LogP) is 1.69. The van der Waals surface area contributed by atoms with Gasteiger partial charge in [0.05, 0.1) is 6.07 Å². The van der Waals surface area contributed by atoms with E-state index in [-0.39, 0.29) is 5.54 Å². The molecule has 1 atom stereocenters. The molecular weight excluding hydrogens is 236 g/mol. The van der Waals surface area contributed by atoms with E-state index in [0.29, 0.717) is 0 Å². The van der Waals surface area contributed by atoms with Gasteiger partial charge in [0.1, 0.15) is 5.54 Å². The maximum Gasteiger partial charge on any atom is 0.103 e. The maximum atomic E-state index is 9.19. The van der Waals surface area contributed by atoms with Crippen molar-refractivity contribution in [2.75, 3.05) is 45.8 Å². The van der Waals surface area contributed by atoms with Gasteiger partial charge in [0.2, 0.25) is 0 Å². The van der Waals surface area contributed by atoms with Crippen LogP contribution in [-0.2, 0) is 0 Å². The Kier molecular flexibility index (Phi) is 7.37. The first-order valence-corrected chi connectivity index (χ1v) is 7.74. The average Bonchev–Trinajstić information content (AvgIpc) is 2.44. The Labute approximate surface area is 118 Å². The SMILES string of the molecule is CCNC(C)(C#N)CCCCN1CCN(CC)CC1. The van der Waals surface area contributed by atoms with E-state index in [4.69, 9.17) is 0 Å². The number of nitrogens with one attached hydrogen (secondary N) is 1. The number of nitrogens with zero attached hydrogens (tertiary/aromatic N) is 3. The van der Waals surface area contributed by atoms with Gasteiger partial charge in [-0.1, -0.05) is 13.8 Å². The van der Waals surface area contributed by atoms with Gasteiger partial charge >= 0.3 is 0 Å². The van der Waals surface area contributed by atoms with Gasteiger partial charge in [0.25, 0.3) is 0 Å². The predicted molar refractivity (Wildman–Crippen MR) is 80.1 cm³/mol. The van der Waals surface area contributed by atoms with Gasteiger partial charge in [-0.05, 0) is 45.8 Å². The third kappa shape index (κ3) is 5.90. The van der Waals surface area contributed by atoms with Crippen molar-refractivity contribution in [3.8, 4) is 6.07 Å². The minimum absolute atomic E-state index is 0.338. The van der Waals surface area contributed by atoms with Crippen molar-refractivity contribution in [2.24, 2.45) is 0 Å². The monoisotopic (exact) mass is 266 g/mol. The summed E-state index contributed by atoms with van der Waals surface area (Å²) >= 11 is 0. The van der Waals surface area contributed by atoms with E-state index in [2.05, 4.69) is 35.0 Å². The molecule has 0 aromatic carbocycles. The van der Waals surface area contributed by atoms with Crippen molar-refractivity contribution in [1.82, 2.24) is 15.1 Å². The van der Waals surface area contributed by atoms with E-state index in [9.17, 15) is 5.26 Å². The topological polar surface area (TPSA) is 42.3 Å². The van der Waals surface area contributed by atoms with Crippen LogP contribution in [0.2, 0.25) is 0 Å². The molecule has 0 aliphatic carbocycles. The Morgan fingerprint density at radius 3 is 2.26 bits per heavy atom. The zero-order chi connectivity index (χ0) is 14.1. The Balaban J connectivity index is 2.13. The lowest BCUT2D eigenvalue weighted by atomic mass is 9.96. The molecule has 1 unspecified atom stereocenters. The summed E-state index contributed by atoms with van der Waals surface area (Å²) in [6, 6.07) is 2.40. The maximum absolute atomic E-state index is 9.19. The van der Waals surface area contributed by atoms with Crippen LogP contribution in [0.4, 0.5) is 0 Å². The van der Waals surface area contributed by atoms with E-state index < -0.39 is 0 Å². The molecule has 0 radical (unpaired) electrons. The number of nitriles is 1. The summed E-state index contributed by atoms with van der Waals surface area (Å²) < 4.78 is 0. The molecule has 1 saturated heterocycles. The van der Waals surface area contributed by atoms with Crippen LogP contribution in [0, 0.1) is 11.3 Å². The second kappa shape index (κ2) is 8.52. The number of likely N-dealkylation sites (N-methyl/N-ethyl adjacent to an activating group) is 1. The summed E-state index contributed by atoms with van der Waals surface area (Å²) in [5.74, 6) is 0. The number of rotatable bonds is 8. The van der Waals surface area contributed by atoms with Crippen LogP contribution in [0.25, 0.3) is 0 Å². The molecule has 1 aliphatic heterocycles. The minimum Gasteiger partial charge on any atom is -0.301 e. The second-order valence-electron chi connectivity index (χ2n) is 5.71. The van der Waals surface area contributed by atoms with E-state index in [1.807, 2.05) is 6.92 Å². The van der Waals surface area contributed by atoms with Crippen LogP contribution in [0.5, 0.6) is 0 Å². The van der Waals surface area contributed by atoms with Crippen molar-refractivity contribution in [2.45, 2.75) is 45.6 Å². The first kappa shape index (κ1) is 16.4. The highest BCUT2D eigenvalue weighted by Gasteiger charge is 2.21. The highest BCUT2D eigenvalue weighted by Crippen LogP contribution is 2.13. The highest BCUT2D eigenvalue weighted by atomic mass is 15.3. The van der Waals surface area contributed by atoms with E-state index in [0.717, 1.165) is 19.4 Å². The lowest BCUT2D eigenvalue weighted by molar-refractivity contribution is 0.135. The molecule has 1 rings (SSSR count). The molecule has 1 fully saturated rings. The third-order valence-electron chi connectivity index (χ3n) is 4.13. The van der Waals surface area contributed by atoms with Crippen LogP contribution in [0.1, 0.15) is 40.0 Å². The van der Waals surface area contributed by atoms with Crippen LogP contribution in [-0.4, -0.2) is 61.2 Å². The minimum atomic E-state index is -0.338. The van der Waals surface area contributed by atoms with Crippen LogP contribution >= 0.6 is 0 Å². The Morgan fingerprint density at radius 2 is 1.74 bits per heavy atom. The summed E-state index contributed by atoms with van der Waals surface area (Å²) in [7, 11) is 0. The van der Waals surface area contributed by atoms with E-state index in [1.165, 1.54) is 45.7 Å². The molecule has 110 valence electrons. The van der Waals surface area contributed by atoms with Crippen LogP contribution in [0.3, 0.4) is 0 Å². The third-order valence-corrected chi connectivity index (χ3v) is 4.13. The molecule has 0 saturated carbocycles. The zero-order valence-corrected chi connectivity index (χ0v) is 12.9. The van der Waals surface area contributed by atoms with Gasteiger partial charge in [-0.3, -0.25) is 5.32 Å². The standard InChI is InChI=1S/C15H30N4/c1-4-17-15(3,14-16)8-6-7-9-19-12-10-18(5-2)11-13-19/h17H,4-13H2,1-3H3. The molecular formula is C15H30N4. The van der Waals surface area contributed by atoms with Gasteiger partial charge in [-0.2, -0.15) is 5.26 Å². The molecule has 0 aromatic heterocycles. The fourth-order valence-electron chi connectivity index (χ4n) is 2.72. The van der Waals surface area contributed by atoms with Crippen molar-refractivity contribution in [3.63, 3.8) is 0 Å². The smallest absolute Gasteiger partial charge is 0.103 e. The van der Waals surface area contributed by atoms with Crippen molar-refractivity contribution < 1.29 is 0 Å². The van der Waals surface area contributed by atoms with E-state index >= 15 is 0 Å². The second-order valence-corrected chi connectivity index (χ2v) is 5.71. The van der Waals surface area contributed by atoms with Crippen LogP contribution < -0.4 is 5.32 Å². The lowest BCUT2D eigenvalue weighted by Crippen LogP contribution is -2.46. The molecule has 1 aliphatic rings. The molecule has 19 heavy (non-hydrogen) atoms. The van der Waals surface area contributed by atoms with Gasteiger partial charge in [-0.25, -0.2) is 0 Å². The Hall–Kier alpha value is -0.630. The van der Waals surface area contributed by atoms with Gasteiger partial charge in [-0.15, -0.1) is 0 Å². The summed E-state index contributed by atoms with van der Waals surface area (Å²) in [6.07, 6.45) is 3.28. The Bertz CT molecular complexity index is 278. The number of piperazine rings is 1. The molecule has 4 heteroatoms. The van der Waals surface area contributed by atoms with E-state index in [1.54, 1.807) is 0 Å². The van der Waals surface area contributed by atoms with Gasteiger partial charge < -0.3 is 9.80 Å². The normalized spacial score (nSPS) is 20.9. The summed E-state index contributed by atoms with van der Waals surface area (Å²) in [4.78, 5) is 5.07. The summed E-state index contributed by atoms with van der Waals surface area (Å²) in [5, 5.41) is 12.5. The molecule has 0 spiro atoms. The fourth-order valence-corrected chi connectivity index (χ4v) is 2.72. The van der Waals surface area contributed by atoms with Crippen LogP contribution in [0.15, 0.2) is 0 Å². The highest BCUT2D eigenvalue weighted by molar-refractivity contribution is 5.03. The summed E-state index contributed by atoms with van der Waals surface area (Å²) in [5.41, 5.74) is -0.338. The quantitative estimate of drug-likeness (QED) is 0.679. The molecule has 1 heterocycles. The van der Waals surface area contributed by atoms with Crippen molar-refractivity contribution >= 4 is 0 Å².